The molecule has 2 aromatic heterocycles. The Kier molecular flexibility index (Phi) is 3.65. The zero-order valence-electron chi connectivity index (χ0n) is 13.6. The van der Waals surface area contributed by atoms with Crippen LogP contribution < -0.4 is 0 Å². The molecule has 0 fully saturated rings. The minimum atomic E-state index is 0.574. The number of imidazole rings is 1. The molecule has 0 radical (unpaired) electrons. The van der Waals surface area contributed by atoms with Gasteiger partial charge in [0, 0.05) is 17.8 Å². The minimum Gasteiger partial charge on any atom is -0.304 e. The van der Waals surface area contributed by atoms with Crippen LogP contribution in [0, 0.1) is 13.8 Å². The highest BCUT2D eigenvalue weighted by Crippen LogP contribution is 2.37. The van der Waals surface area contributed by atoms with Crippen LogP contribution in [0.3, 0.4) is 0 Å². The zero-order chi connectivity index (χ0) is 16.0. The van der Waals surface area contributed by atoms with Crippen molar-refractivity contribution in [2.75, 3.05) is 0 Å². The van der Waals surface area contributed by atoms with Crippen LogP contribution in [0.1, 0.15) is 46.0 Å². The number of hydrogen-bond donors (Lipinski definition) is 0. The Labute approximate surface area is 142 Å². The standard InChI is InChI=1S/C20H21ClN2/c1-13-14(2)23-12-17(11-21)18-9-8-16(10-19(18)20(23)22-13)15-6-4-3-5-7-15/h3-7,12,16H,8-11H2,1-2H3. The predicted octanol–water partition coefficient (Wildman–Crippen LogP) is 4.96. The maximum Gasteiger partial charge on any atom is 0.140 e. The van der Waals surface area contributed by atoms with Crippen molar-refractivity contribution in [3.05, 3.63) is 70.2 Å². The second-order valence-electron chi connectivity index (χ2n) is 6.57. The van der Waals surface area contributed by atoms with E-state index in [1.54, 1.807) is 0 Å². The molecule has 0 aliphatic heterocycles. The van der Waals surface area contributed by atoms with Crippen LogP contribution in [0.4, 0.5) is 0 Å². The molecule has 1 aliphatic rings. The summed E-state index contributed by atoms with van der Waals surface area (Å²) in [5.74, 6) is 1.15. The summed E-state index contributed by atoms with van der Waals surface area (Å²) in [6.07, 6.45) is 5.54. The lowest BCUT2D eigenvalue weighted by atomic mass is 9.79. The third-order valence-corrected chi connectivity index (χ3v) is 5.59. The molecule has 23 heavy (non-hydrogen) atoms. The van der Waals surface area contributed by atoms with Crippen molar-refractivity contribution in [3.8, 4) is 0 Å². The number of fused-ring (bicyclic) bond motifs is 3. The Hall–Kier alpha value is -1.80. The van der Waals surface area contributed by atoms with Crippen LogP contribution in [0.5, 0.6) is 0 Å². The second-order valence-corrected chi connectivity index (χ2v) is 6.84. The highest BCUT2D eigenvalue weighted by Gasteiger charge is 2.25. The molecule has 0 N–H and O–H groups in total. The summed E-state index contributed by atoms with van der Waals surface area (Å²) in [6.45, 7) is 4.23. The number of aromatic nitrogens is 2. The number of rotatable bonds is 2. The smallest absolute Gasteiger partial charge is 0.140 e. The van der Waals surface area contributed by atoms with E-state index in [2.05, 4.69) is 54.8 Å². The number of halogens is 1. The number of benzene rings is 1. The van der Waals surface area contributed by atoms with E-state index >= 15 is 0 Å². The quantitative estimate of drug-likeness (QED) is 0.609. The lowest BCUT2D eigenvalue weighted by molar-refractivity contribution is 0.582. The Morgan fingerprint density at radius 3 is 2.70 bits per heavy atom. The van der Waals surface area contributed by atoms with Gasteiger partial charge in [0.2, 0.25) is 0 Å². The summed E-state index contributed by atoms with van der Waals surface area (Å²) >= 11 is 6.24. The van der Waals surface area contributed by atoms with Gasteiger partial charge in [-0.05, 0) is 61.3 Å². The summed E-state index contributed by atoms with van der Waals surface area (Å²) in [5, 5.41) is 0. The van der Waals surface area contributed by atoms with Gasteiger partial charge in [-0.2, -0.15) is 0 Å². The summed E-state index contributed by atoms with van der Waals surface area (Å²) in [6, 6.07) is 10.9. The van der Waals surface area contributed by atoms with Gasteiger partial charge in [0.05, 0.1) is 5.69 Å². The van der Waals surface area contributed by atoms with Crippen molar-refractivity contribution in [2.45, 2.75) is 44.9 Å². The van der Waals surface area contributed by atoms with E-state index in [9.17, 15) is 0 Å². The van der Waals surface area contributed by atoms with Gasteiger partial charge in [-0.25, -0.2) is 4.98 Å². The number of nitrogens with zero attached hydrogens (tertiary/aromatic N) is 2. The van der Waals surface area contributed by atoms with E-state index < -0.39 is 0 Å². The third-order valence-electron chi connectivity index (χ3n) is 5.30. The van der Waals surface area contributed by atoms with Gasteiger partial charge in [0.25, 0.3) is 0 Å². The lowest BCUT2D eigenvalue weighted by Crippen LogP contribution is -2.16. The molecule has 1 aromatic carbocycles. The first kappa shape index (κ1) is 14.8. The first-order valence-electron chi connectivity index (χ1n) is 8.29. The first-order chi connectivity index (χ1) is 11.2. The fraction of sp³-hybridized carbons (Fsp3) is 0.350. The summed E-state index contributed by atoms with van der Waals surface area (Å²) in [4.78, 5) is 4.85. The highest BCUT2D eigenvalue weighted by molar-refractivity contribution is 6.17. The molecule has 2 heterocycles. The van der Waals surface area contributed by atoms with Crippen LogP contribution in [0.15, 0.2) is 36.5 Å². The molecule has 4 rings (SSSR count). The normalized spacial score (nSPS) is 17.4. The maximum atomic E-state index is 6.24. The van der Waals surface area contributed by atoms with Gasteiger partial charge in [-0.3, -0.25) is 0 Å². The van der Waals surface area contributed by atoms with Gasteiger partial charge in [-0.1, -0.05) is 30.3 Å². The first-order valence-corrected chi connectivity index (χ1v) is 8.82. The van der Waals surface area contributed by atoms with Crippen LogP contribution in [-0.4, -0.2) is 9.38 Å². The maximum absolute atomic E-state index is 6.24. The fourth-order valence-electron chi connectivity index (χ4n) is 3.88. The number of pyridine rings is 1. The van der Waals surface area contributed by atoms with Gasteiger partial charge in [-0.15, -0.1) is 11.6 Å². The molecule has 3 heteroatoms. The molecule has 0 saturated carbocycles. The molecular weight excluding hydrogens is 304 g/mol. The molecule has 2 nitrogen and oxygen atoms in total. The molecule has 1 aliphatic carbocycles. The van der Waals surface area contributed by atoms with Crippen molar-refractivity contribution >= 4 is 17.2 Å². The van der Waals surface area contributed by atoms with E-state index in [1.165, 1.54) is 34.4 Å². The van der Waals surface area contributed by atoms with Crippen molar-refractivity contribution in [1.29, 1.82) is 0 Å². The van der Waals surface area contributed by atoms with E-state index in [0.717, 1.165) is 24.2 Å². The van der Waals surface area contributed by atoms with Crippen LogP contribution >= 0.6 is 11.6 Å². The van der Waals surface area contributed by atoms with Gasteiger partial charge in [0.1, 0.15) is 5.65 Å². The Morgan fingerprint density at radius 2 is 1.96 bits per heavy atom. The summed E-state index contributed by atoms with van der Waals surface area (Å²) < 4.78 is 2.24. The molecular formula is C20H21ClN2. The van der Waals surface area contributed by atoms with Crippen molar-refractivity contribution in [2.24, 2.45) is 0 Å². The average Bonchev–Trinajstić information content (AvgIpc) is 2.89. The van der Waals surface area contributed by atoms with E-state index in [4.69, 9.17) is 16.6 Å². The molecule has 118 valence electrons. The molecule has 3 aromatic rings. The highest BCUT2D eigenvalue weighted by atomic mass is 35.5. The Bertz CT molecular complexity index is 864. The monoisotopic (exact) mass is 324 g/mol. The lowest BCUT2D eigenvalue weighted by Gasteiger charge is -2.27. The fourth-order valence-corrected chi connectivity index (χ4v) is 4.11. The zero-order valence-corrected chi connectivity index (χ0v) is 14.4. The molecule has 0 saturated heterocycles. The molecule has 0 amide bonds. The number of alkyl halides is 1. The van der Waals surface area contributed by atoms with Gasteiger partial charge >= 0.3 is 0 Å². The third kappa shape index (κ3) is 2.36. The molecule has 1 unspecified atom stereocenters. The van der Waals surface area contributed by atoms with Gasteiger partial charge < -0.3 is 4.40 Å². The predicted molar refractivity (Wildman–Crippen MR) is 95.4 cm³/mol. The van der Waals surface area contributed by atoms with Crippen LogP contribution in [-0.2, 0) is 18.7 Å². The van der Waals surface area contributed by atoms with Crippen LogP contribution in [0.25, 0.3) is 5.65 Å². The van der Waals surface area contributed by atoms with E-state index in [1.807, 2.05) is 0 Å². The van der Waals surface area contributed by atoms with Crippen molar-refractivity contribution in [3.63, 3.8) is 0 Å². The van der Waals surface area contributed by atoms with E-state index in [0.29, 0.717) is 11.8 Å². The van der Waals surface area contributed by atoms with E-state index in [-0.39, 0.29) is 0 Å². The molecule has 0 bridgehead atoms. The number of hydrogen-bond acceptors (Lipinski definition) is 1. The summed E-state index contributed by atoms with van der Waals surface area (Å²) in [5.41, 5.74) is 9.00. The average molecular weight is 325 g/mol. The van der Waals surface area contributed by atoms with Crippen molar-refractivity contribution < 1.29 is 0 Å². The van der Waals surface area contributed by atoms with Gasteiger partial charge in [0.15, 0.2) is 0 Å². The minimum absolute atomic E-state index is 0.574. The molecule has 0 spiro atoms. The number of aryl methyl sites for hydroxylation is 2. The Balaban J connectivity index is 1.87. The second kappa shape index (κ2) is 5.68. The topological polar surface area (TPSA) is 17.3 Å². The van der Waals surface area contributed by atoms with Crippen LogP contribution in [0.2, 0.25) is 0 Å². The largest absolute Gasteiger partial charge is 0.304 e. The molecule has 1 atom stereocenters. The Morgan fingerprint density at radius 1 is 1.17 bits per heavy atom. The summed E-state index contributed by atoms with van der Waals surface area (Å²) in [7, 11) is 0. The SMILES string of the molecule is Cc1nc2c3c(c(CCl)cn2c1C)CCC(c1ccccc1)C3. The van der Waals surface area contributed by atoms with Crippen molar-refractivity contribution in [1.82, 2.24) is 9.38 Å².